The highest BCUT2D eigenvalue weighted by Crippen LogP contribution is 2.17. The van der Waals surface area contributed by atoms with Crippen molar-refractivity contribution in [3.05, 3.63) is 58.9 Å². The monoisotopic (exact) mass is 276 g/mol. The van der Waals surface area contributed by atoms with Crippen LogP contribution in [0.1, 0.15) is 16.1 Å². The summed E-state index contributed by atoms with van der Waals surface area (Å²) in [4.78, 5) is 17.5. The molecule has 1 aromatic heterocycles. The van der Waals surface area contributed by atoms with Crippen molar-refractivity contribution in [3.63, 3.8) is 0 Å². The molecule has 5 heteroatoms. The van der Waals surface area contributed by atoms with Crippen molar-refractivity contribution >= 4 is 17.5 Å². The standard InChI is InChI=1S/C14H13ClN2O2/c1-17(9-10-4-2-5-11(15)8-10)14(19)13-12(18)6-3-7-16-13/h2-8,18H,9H2,1H3. The topological polar surface area (TPSA) is 53.4 Å². The lowest BCUT2D eigenvalue weighted by Crippen LogP contribution is -2.27. The summed E-state index contributed by atoms with van der Waals surface area (Å²) >= 11 is 5.89. The summed E-state index contributed by atoms with van der Waals surface area (Å²) in [5, 5.41) is 10.2. The Balaban J connectivity index is 2.14. The third-order valence-electron chi connectivity index (χ3n) is 2.64. The van der Waals surface area contributed by atoms with Crippen LogP contribution in [-0.4, -0.2) is 27.9 Å². The third-order valence-corrected chi connectivity index (χ3v) is 2.88. The minimum atomic E-state index is -0.335. The zero-order valence-electron chi connectivity index (χ0n) is 10.4. The van der Waals surface area contributed by atoms with E-state index in [2.05, 4.69) is 4.98 Å². The van der Waals surface area contributed by atoms with Gasteiger partial charge in [-0.1, -0.05) is 23.7 Å². The lowest BCUT2D eigenvalue weighted by molar-refractivity contribution is 0.0776. The Bertz CT molecular complexity index is 602. The maximum Gasteiger partial charge on any atom is 0.276 e. The van der Waals surface area contributed by atoms with E-state index in [4.69, 9.17) is 11.6 Å². The highest BCUT2D eigenvalue weighted by molar-refractivity contribution is 6.30. The molecular formula is C14H13ClN2O2. The van der Waals surface area contributed by atoms with Gasteiger partial charge in [0.15, 0.2) is 5.69 Å². The number of pyridine rings is 1. The number of aromatic nitrogens is 1. The molecule has 0 atom stereocenters. The van der Waals surface area contributed by atoms with Gasteiger partial charge in [-0.05, 0) is 29.8 Å². The van der Waals surface area contributed by atoms with Crippen LogP contribution in [0.25, 0.3) is 0 Å². The molecule has 4 nitrogen and oxygen atoms in total. The van der Waals surface area contributed by atoms with E-state index in [1.54, 1.807) is 25.2 Å². The van der Waals surface area contributed by atoms with E-state index in [9.17, 15) is 9.90 Å². The Morgan fingerprint density at radius 1 is 1.37 bits per heavy atom. The van der Waals surface area contributed by atoms with Crippen LogP contribution in [0.15, 0.2) is 42.6 Å². The largest absolute Gasteiger partial charge is 0.505 e. The second kappa shape index (κ2) is 5.71. The second-order valence-electron chi connectivity index (χ2n) is 4.16. The molecule has 1 amide bonds. The molecule has 1 heterocycles. The number of amides is 1. The lowest BCUT2D eigenvalue weighted by atomic mass is 10.2. The van der Waals surface area contributed by atoms with Gasteiger partial charge in [-0.3, -0.25) is 4.79 Å². The fraction of sp³-hybridized carbons (Fsp3) is 0.143. The molecule has 2 aromatic rings. The number of hydrogen-bond donors (Lipinski definition) is 1. The van der Waals surface area contributed by atoms with Crippen molar-refractivity contribution in [2.45, 2.75) is 6.54 Å². The number of carbonyl (C=O) groups is 1. The average molecular weight is 277 g/mol. The first-order valence-corrected chi connectivity index (χ1v) is 6.09. The third kappa shape index (κ3) is 3.23. The highest BCUT2D eigenvalue weighted by Gasteiger charge is 2.17. The van der Waals surface area contributed by atoms with E-state index < -0.39 is 0 Å². The first-order valence-electron chi connectivity index (χ1n) is 5.72. The van der Waals surface area contributed by atoms with Crippen LogP contribution in [0.5, 0.6) is 5.75 Å². The van der Waals surface area contributed by atoms with Crippen LogP contribution >= 0.6 is 11.6 Å². The van der Waals surface area contributed by atoms with Crippen molar-refractivity contribution in [2.24, 2.45) is 0 Å². The molecule has 0 fully saturated rings. The van der Waals surface area contributed by atoms with Gasteiger partial charge >= 0.3 is 0 Å². The Morgan fingerprint density at radius 2 is 2.16 bits per heavy atom. The first-order chi connectivity index (χ1) is 9.08. The Morgan fingerprint density at radius 3 is 2.84 bits per heavy atom. The van der Waals surface area contributed by atoms with Crippen molar-refractivity contribution in [1.29, 1.82) is 0 Å². The van der Waals surface area contributed by atoms with Crippen molar-refractivity contribution in [3.8, 4) is 5.75 Å². The van der Waals surface area contributed by atoms with E-state index in [1.807, 2.05) is 12.1 Å². The molecule has 0 spiro atoms. The smallest absolute Gasteiger partial charge is 0.276 e. The van der Waals surface area contributed by atoms with Crippen molar-refractivity contribution in [1.82, 2.24) is 9.88 Å². The molecule has 0 bridgehead atoms. The highest BCUT2D eigenvalue weighted by atomic mass is 35.5. The number of aromatic hydroxyl groups is 1. The van der Waals surface area contributed by atoms with Crippen LogP contribution < -0.4 is 0 Å². The quantitative estimate of drug-likeness (QED) is 0.938. The van der Waals surface area contributed by atoms with Crippen molar-refractivity contribution < 1.29 is 9.90 Å². The maximum atomic E-state index is 12.1. The van der Waals surface area contributed by atoms with Gasteiger partial charge in [-0.25, -0.2) is 4.98 Å². The molecular weight excluding hydrogens is 264 g/mol. The van der Waals surface area contributed by atoms with E-state index in [-0.39, 0.29) is 17.4 Å². The van der Waals surface area contributed by atoms with E-state index in [0.717, 1.165) is 5.56 Å². The summed E-state index contributed by atoms with van der Waals surface area (Å²) in [6, 6.07) is 10.3. The molecule has 0 saturated carbocycles. The van der Waals surface area contributed by atoms with Crippen LogP contribution in [0.4, 0.5) is 0 Å². The number of carbonyl (C=O) groups excluding carboxylic acids is 1. The van der Waals surface area contributed by atoms with E-state index >= 15 is 0 Å². The second-order valence-corrected chi connectivity index (χ2v) is 4.60. The molecule has 0 aliphatic carbocycles. The van der Waals surface area contributed by atoms with Gasteiger partial charge in [0, 0.05) is 24.8 Å². The van der Waals surface area contributed by atoms with Crippen LogP contribution in [0.2, 0.25) is 5.02 Å². The summed E-state index contributed by atoms with van der Waals surface area (Å²) in [6.07, 6.45) is 1.47. The van der Waals surface area contributed by atoms with Gasteiger partial charge in [0.25, 0.3) is 5.91 Å². The molecule has 0 saturated heterocycles. The van der Waals surface area contributed by atoms with Gasteiger partial charge in [0.05, 0.1) is 0 Å². The van der Waals surface area contributed by atoms with Gasteiger partial charge in [0.1, 0.15) is 5.75 Å². The van der Waals surface area contributed by atoms with Crippen LogP contribution in [0, 0.1) is 0 Å². The Kier molecular flexibility index (Phi) is 4.02. The van der Waals surface area contributed by atoms with Crippen molar-refractivity contribution in [2.75, 3.05) is 7.05 Å². The predicted molar refractivity (Wildman–Crippen MR) is 73.2 cm³/mol. The lowest BCUT2D eigenvalue weighted by Gasteiger charge is -2.17. The van der Waals surface area contributed by atoms with Gasteiger partial charge < -0.3 is 10.0 Å². The van der Waals surface area contributed by atoms with Gasteiger partial charge in [-0.2, -0.15) is 0 Å². The fourth-order valence-corrected chi connectivity index (χ4v) is 1.94. The molecule has 1 N–H and O–H groups in total. The maximum absolute atomic E-state index is 12.1. The Hall–Kier alpha value is -2.07. The fourth-order valence-electron chi connectivity index (χ4n) is 1.72. The summed E-state index contributed by atoms with van der Waals surface area (Å²) in [5.41, 5.74) is 0.964. The number of nitrogens with zero attached hydrogens (tertiary/aromatic N) is 2. The van der Waals surface area contributed by atoms with Gasteiger partial charge in [-0.15, -0.1) is 0 Å². The number of hydrogen-bond acceptors (Lipinski definition) is 3. The molecule has 0 aliphatic heterocycles. The zero-order valence-corrected chi connectivity index (χ0v) is 11.1. The molecule has 0 radical (unpaired) electrons. The predicted octanol–water partition coefficient (Wildman–Crippen LogP) is 2.71. The Labute approximate surface area is 116 Å². The molecule has 2 rings (SSSR count). The summed E-state index contributed by atoms with van der Waals surface area (Å²) in [5.74, 6) is -0.455. The van der Waals surface area contributed by atoms with E-state index in [0.29, 0.717) is 11.6 Å². The SMILES string of the molecule is CN(Cc1cccc(Cl)c1)C(=O)c1ncccc1O. The molecule has 98 valence electrons. The number of benzene rings is 1. The minimum Gasteiger partial charge on any atom is -0.505 e. The average Bonchev–Trinajstić information content (AvgIpc) is 2.38. The molecule has 19 heavy (non-hydrogen) atoms. The number of halogens is 1. The molecule has 0 unspecified atom stereocenters. The summed E-state index contributed by atoms with van der Waals surface area (Å²) in [7, 11) is 1.65. The molecule has 0 aliphatic rings. The number of rotatable bonds is 3. The van der Waals surface area contributed by atoms with E-state index in [1.165, 1.54) is 17.2 Å². The first kappa shape index (κ1) is 13.4. The minimum absolute atomic E-state index is 0.0482. The van der Waals surface area contributed by atoms with Gasteiger partial charge in [0.2, 0.25) is 0 Å². The normalized spacial score (nSPS) is 10.2. The van der Waals surface area contributed by atoms with Crippen LogP contribution in [0.3, 0.4) is 0 Å². The van der Waals surface area contributed by atoms with Crippen LogP contribution in [-0.2, 0) is 6.54 Å². The summed E-state index contributed by atoms with van der Waals surface area (Å²) in [6.45, 7) is 0.398. The molecule has 1 aromatic carbocycles. The zero-order chi connectivity index (χ0) is 13.8. The summed E-state index contributed by atoms with van der Waals surface area (Å²) < 4.78 is 0.